The van der Waals surface area contributed by atoms with Gasteiger partial charge in [0, 0.05) is 50.3 Å². The maximum atomic E-state index is 11.9. The summed E-state index contributed by atoms with van der Waals surface area (Å²) in [6, 6.07) is 8.07. The molecular formula is C25H35N5O3S. The fourth-order valence-electron chi connectivity index (χ4n) is 5.05. The van der Waals surface area contributed by atoms with E-state index in [2.05, 4.69) is 44.6 Å². The van der Waals surface area contributed by atoms with E-state index in [4.69, 9.17) is 21.7 Å². The van der Waals surface area contributed by atoms with E-state index in [1.165, 1.54) is 24.1 Å². The number of carbonyl (C=O) groups is 1. The summed E-state index contributed by atoms with van der Waals surface area (Å²) in [4.78, 5) is 21.1. The molecule has 1 N–H and O–H groups in total. The highest BCUT2D eigenvalue weighted by molar-refractivity contribution is 7.80. The van der Waals surface area contributed by atoms with Crippen molar-refractivity contribution in [3.63, 3.8) is 0 Å². The van der Waals surface area contributed by atoms with Gasteiger partial charge in [0.2, 0.25) is 0 Å². The van der Waals surface area contributed by atoms with Crippen molar-refractivity contribution in [3.05, 3.63) is 53.1 Å². The predicted molar refractivity (Wildman–Crippen MR) is 135 cm³/mol. The summed E-state index contributed by atoms with van der Waals surface area (Å²) in [7, 11) is 1.42. The summed E-state index contributed by atoms with van der Waals surface area (Å²) in [5.74, 6) is -0.239. The molecule has 184 valence electrons. The minimum Gasteiger partial charge on any atom is -0.469 e. The van der Waals surface area contributed by atoms with Crippen LogP contribution in [0, 0.1) is 13.8 Å². The van der Waals surface area contributed by atoms with E-state index in [0.29, 0.717) is 11.7 Å². The molecule has 0 amide bonds. The van der Waals surface area contributed by atoms with Gasteiger partial charge in [-0.15, -0.1) is 0 Å². The van der Waals surface area contributed by atoms with Gasteiger partial charge in [0.05, 0.1) is 44.5 Å². The van der Waals surface area contributed by atoms with Crippen molar-refractivity contribution in [2.45, 2.75) is 45.3 Å². The lowest BCUT2D eigenvalue weighted by Gasteiger charge is -2.28. The smallest absolute Gasteiger partial charge is 0.307 e. The second-order valence-corrected chi connectivity index (χ2v) is 9.32. The number of carbonyl (C=O) groups excluding carboxylic acids is 1. The molecule has 0 spiro atoms. The van der Waals surface area contributed by atoms with Gasteiger partial charge < -0.3 is 24.3 Å². The van der Waals surface area contributed by atoms with Gasteiger partial charge in [-0.1, -0.05) is 6.07 Å². The Bertz CT molecular complexity index is 990. The van der Waals surface area contributed by atoms with Gasteiger partial charge in [-0.3, -0.25) is 14.7 Å². The lowest BCUT2D eigenvalue weighted by atomic mass is 9.96. The quantitative estimate of drug-likeness (QED) is 0.430. The zero-order chi connectivity index (χ0) is 24.1. The van der Waals surface area contributed by atoms with Gasteiger partial charge in [0.15, 0.2) is 5.11 Å². The molecule has 2 aliphatic rings. The molecule has 0 unspecified atom stereocenters. The Morgan fingerprint density at radius 1 is 1.24 bits per heavy atom. The standard InChI is InChI=1S/C25H35N5O3S/c1-18-17-20(19(2)29(18)11-6-10-28-13-15-33-16-14-28)24-23(21-7-4-5-9-26-21)27-25(34)30(24)12-8-22(31)32-3/h4-5,7,9,17,23-24H,6,8,10-16H2,1-3H3,(H,27,34)/t23-,24-/m1/s1. The van der Waals surface area contributed by atoms with Crippen molar-refractivity contribution in [1.82, 2.24) is 24.7 Å². The Kier molecular flexibility index (Phi) is 8.18. The summed E-state index contributed by atoms with van der Waals surface area (Å²) >= 11 is 5.72. The maximum absolute atomic E-state index is 11.9. The number of nitrogens with one attached hydrogen (secondary N) is 1. The van der Waals surface area contributed by atoms with Crippen LogP contribution in [0.2, 0.25) is 0 Å². The first-order valence-corrected chi connectivity index (χ1v) is 12.4. The highest BCUT2D eigenvalue weighted by atomic mass is 32.1. The molecule has 2 aliphatic heterocycles. The Morgan fingerprint density at radius 3 is 2.74 bits per heavy atom. The Morgan fingerprint density at radius 2 is 2.03 bits per heavy atom. The van der Waals surface area contributed by atoms with Crippen LogP contribution >= 0.6 is 12.2 Å². The number of morpholine rings is 1. The number of thiocarbonyl (C=S) groups is 1. The summed E-state index contributed by atoms with van der Waals surface area (Å²) in [5.41, 5.74) is 4.63. The Balaban J connectivity index is 1.57. The summed E-state index contributed by atoms with van der Waals surface area (Å²) in [6.07, 6.45) is 3.18. The number of hydrogen-bond donors (Lipinski definition) is 1. The predicted octanol–water partition coefficient (Wildman–Crippen LogP) is 2.76. The Hall–Kier alpha value is -2.49. The highest BCUT2D eigenvalue weighted by Crippen LogP contribution is 2.40. The molecule has 0 bridgehead atoms. The zero-order valence-electron chi connectivity index (χ0n) is 20.3. The molecule has 4 rings (SSSR count). The van der Waals surface area contributed by atoms with Crippen LogP contribution in [-0.4, -0.2) is 76.9 Å². The largest absolute Gasteiger partial charge is 0.469 e. The van der Waals surface area contributed by atoms with Crippen molar-refractivity contribution >= 4 is 23.3 Å². The summed E-state index contributed by atoms with van der Waals surface area (Å²) in [5, 5.41) is 4.11. The van der Waals surface area contributed by atoms with Crippen molar-refractivity contribution in [3.8, 4) is 0 Å². The molecule has 9 heteroatoms. The van der Waals surface area contributed by atoms with E-state index in [1.807, 2.05) is 24.4 Å². The average molecular weight is 486 g/mol. The van der Waals surface area contributed by atoms with Crippen LogP contribution in [0.15, 0.2) is 30.5 Å². The van der Waals surface area contributed by atoms with Crippen LogP contribution in [0.3, 0.4) is 0 Å². The first-order valence-electron chi connectivity index (χ1n) is 12.0. The van der Waals surface area contributed by atoms with Crippen molar-refractivity contribution in [1.29, 1.82) is 0 Å². The first kappa shape index (κ1) is 24.6. The minimum absolute atomic E-state index is 0.0498. The van der Waals surface area contributed by atoms with Crippen LogP contribution in [0.4, 0.5) is 0 Å². The molecule has 4 heterocycles. The normalized spacial score (nSPS) is 21.0. The number of ether oxygens (including phenoxy) is 2. The SMILES string of the molecule is COC(=O)CCN1C(=S)N[C@H](c2ccccn2)[C@H]1c1cc(C)n(CCCN2CCOCC2)c1C. The molecule has 2 aromatic heterocycles. The summed E-state index contributed by atoms with van der Waals surface area (Å²) in [6.45, 7) is 10.6. The number of hydrogen-bond acceptors (Lipinski definition) is 6. The van der Waals surface area contributed by atoms with Crippen LogP contribution in [0.25, 0.3) is 0 Å². The van der Waals surface area contributed by atoms with Crippen molar-refractivity contribution in [2.24, 2.45) is 0 Å². The number of methoxy groups -OCH3 is 1. The molecule has 2 fully saturated rings. The van der Waals surface area contributed by atoms with Crippen LogP contribution < -0.4 is 5.32 Å². The second-order valence-electron chi connectivity index (χ2n) is 8.93. The number of esters is 1. The average Bonchev–Trinajstić information content (AvgIpc) is 3.33. The fourth-order valence-corrected chi connectivity index (χ4v) is 5.38. The van der Waals surface area contributed by atoms with Gasteiger partial charge in [0.1, 0.15) is 0 Å². The van der Waals surface area contributed by atoms with E-state index in [-0.39, 0.29) is 24.5 Å². The molecule has 0 aliphatic carbocycles. The van der Waals surface area contributed by atoms with Crippen molar-refractivity contribution in [2.75, 3.05) is 46.5 Å². The lowest BCUT2D eigenvalue weighted by molar-refractivity contribution is -0.140. The second kappa shape index (κ2) is 11.3. The summed E-state index contributed by atoms with van der Waals surface area (Å²) < 4.78 is 12.8. The van der Waals surface area contributed by atoms with E-state index in [0.717, 1.165) is 51.5 Å². The molecule has 0 aromatic carbocycles. The first-order chi connectivity index (χ1) is 16.5. The van der Waals surface area contributed by atoms with Gasteiger partial charge in [-0.25, -0.2) is 0 Å². The van der Waals surface area contributed by atoms with E-state index < -0.39 is 0 Å². The number of pyridine rings is 1. The monoisotopic (exact) mass is 485 g/mol. The molecule has 8 nitrogen and oxygen atoms in total. The highest BCUT2D eigenvalue weighted by Gasteiger charge is 2.41. The molecule has 2 aromatic rings. The number of rotatable bonds is 9. The maximum Gasteiger partial charge on any atom is 0.307 e. The van der Waals surface area contributed by atoms with E-state index in [9.17, 15) is 4.79 Å². The molecule has 2 saturated heterocycles. The minimum atomic E-state index is -0.239. The Labute approximate surface area is 207 Å². The third kappa shape index (κ3) is 5.42. The fraction of sp³-hybridized carbons (Fsp3) is 0.560. The van der Waals surface area contributed by atoms with Gasteiger partial charge in [-0.2, -0.15) is 0 Å². The van der Waals surface area contributed by atoms with Crippen LogP contribution in [0.5, 0.6) is 0 Å². The third-order valence-electron chi connectivity index (χ3n) is 6.87. The molecule has 0 saturated carbocycles. The number of aryl methyl sites for hydroxylation is 1. The molecule has 0 radical (unpaired) electrons. The van der Waals surface area contributed by atoms with Gasteiger partial charge in [0.25, 0.3) is 0 Å². The lowest BCUT2D eigenvalue weighted by Crippen LogP contribution is -2.37. The van der Waals surface area contributed by atoms with Gasteiger partial charge >= 0.3 is 5.97 Å². The topological polar surface area (TPSA) is 71.9 Å². The molecule has 2 atom stereocenters. The van der Waals surface area contributed by atoms with Crippen LogP contribution in [0.1, 0.15) is 47.6 Å². The van der Waals surface area contributed by atoms with Crippen LogP contribution in [-0.2, 0) is 20.8 Å². The van der Waals surface area contributed by atoms with Gasteiger partial charge in [-0.05, 0) is 56.2 Å². The van der Waals surface area contributed by atoms with E-state index in [1.54, 1.807) is 0 Å². The molecule has 34 heavy (non-hydrogen) atoms. The third-order valence-corrected chi connectivity index (χ3v) is 7.23. The van der Waals surface area contributed by atoms with E-state index >= 15 is 0 Å². The molecular weight excluding hydrogens is 450 g/mol. The number of nitrogens with zero attached hydrogens (tertiary/aromatic N) is 4. The zero-order valence-corrected chi connectivity index (χ0v) is 21.1. The number of aromatic nitrogens is 2. The van der Waals surface area contributed by atoms with Crippen molar-refractivity contribution < 1.29 is 14.3 Å².